The quantitative estimate of drug-likeness (QED) is 0.235. The molecule has 44 heavy (non-hydrogen) atoms. The van der Waals surface area contributed by atoms with E-state index in [2.05, 4.69) is 54.0 Å². The monoisotopic (exact) mass is 605 g/mol. The second kappa shape index (κ2) is 15.7. The van der Waals surface area contributed by atoms with Crippen molar-refractivity contribution in [2.24, 2.45) is 5.41 Å². The van der Waals surface area contributed by atoms with Gasteiger partial charge >= 0.3 is 5.97 Å². The zero-order chi connectivity index (χ0) is 30.8. The second-order valence-electron chi connectivity index (χ2n) is 12.6. The van der Waals surface area contributed by atoms with Crippen LogP contribution in [0.1, 0.15) is 69.6 Å². The Morgan fingerprint density at radius 1 is 1.00 bits per heavy atom. The summed E-state index contributed by atoms with van der Waals surface area (Å²) >= 11 is 0. The number of aromatic nitrogens is 4. The van der Waals surface area contributed by atoms with Crippen molar-refractivity contribution < 1.29 is 14.3 Å². The van der Waals surface area contributed by atoms with Gasteiger partial charge in [0, 0.05) is 50.5 Å². The average molecular weight is 606 g/mol. The lowest BCUT2D eigenvalue weighted by molar-refractivity contribution is -0.142. The number of ether oxygens (including phenoxy) is 2. The van der Waals surface area contributed by atoms with E-state index in [-0.39, 0.29) is 6.61 Å². The van der Waals surface area contributed by atoms with Crippen LogP contribution in [0.4, 0.5) is 0 Å². The number of rotatable bonds is 16. The van der Waals surface area contributed by atoms with Crippen LogP contribution < -0.4 is 4.74 Å². The van der Waals surface area contributed by atoms with Gasteiger partial charge in [-0.3, -0.25) is 4.90 Å². The van der Waals surface area contributed by atoms with Crippen LogP contribution in [0.2, 0.25) is 0 Å². The Morgan fingerprint density at radius 2 is 1.77 bits per heavy atom. The van der Waals surface area contributed by atoms with Gasteiger partial charge in [0.2, 0.25) is 0 Å². The summed E-state index contributed by atoms with van der Waals surface area (Å²) in [6.07, 6.45) is 15.5. The van der Waals surface area contributed by atoms with E-state index < -0.39 is 5.97 Å². The number of nitrogens with zero attached hydrogens (tertiary/aromatic N) is 6. The highest BCUT2D eigenvalue weighted by Gasteiger charge is 2.40. The minimum Gasteiger partial charge on any atom is -0.482 e. The van der Waals surface area contributed by atoms with Gasteiger partial charge in [-0.25, -0.2) is 14.8 Å². The molecule has 3 aromatic rings. The van der Waals surface area contributed by atoms with E-state index in [1.54, 1.807) is 6.20 Å². The van der Waals surface area contributed by atoms with Gasteiger partial charge in [0.05, 0.1) is 20.2 Å². The van der Waals surface area contributed by atoms with Gasteiger partial charge in [-0.15, -0.1) is 0 Å². The fourth-order valence-corrected chi connectivity index (χ4v) is 7.07. The molecule has 2 aliphatic heterocycles. The van der Waals surface area contributed by atoms with E-state index >= 15 is 0 Å². The number of hydrogen-bond donors (Lipinski definition) is 1. The van der Waals surface area contributed by atoms with Gasteiger partial charge in [0.15, 0.2) is 6.61 Å². The number of imidazole rings is 2. The molecule has 0 saturated carbocycles. The summed E-state index contributed by atoms with van der Waals surface area (Å²) in [6, 6.07) is 8.62. The van der Waals surface area contributed by atoms with Gasteiger partial charge in [0.1, 0.15) is 17.4 Å². The standard InChI is InChI=1S/C34H51N7O3/c1-4-29(5-2)40-20-12-34(13-21-40)11-19-38(27-34)17-6-18-41-22-16-37-32(41)25-39(24-31-35-14-15-36-31)23-28-7-9-30(10-8-28)44-26-33(42)43-3/h7-10,14-16,22,29H,4-6,11-13,17-21,23-27H2,1-3H3,(H,35,36). The number of methoxy groups -OCH3 is 1. The molecule has 0 amide bonds. The van der Waals surface area contributed by atoms with Crippen LogP contribution in [-0.4, -0.2) is 92.7 Å². The van der Waals surface area contributed by atoms with Crippen molar-refractivity contribution in [1.82, 2.24) is 34.2 Å². The smallest absolute Gasteiger partial charge is 0.343 e. The zero-order valence-electron chi connectivity index (χ0n) is 26.9. The predicted molar refractivity (Wildman–Crippen MR) is 171 cm³/mol. The van der Waals surface area contributed by atoms with Crippen LogP contribution in [0, 0.1) is 5.41 Å². The maximum Gasteiger partial charge on any atom is 0.343 e. The minimum atomic E-state index is -0.397. The molecule has 4 heterocycles. The number of aryl methyl sites for hydroxylation is 1. The Morgan fingerprint density at radius 3 is 2.48 bits per heavy atom. The highest BCUT2D eigenvalue weighted by atomic mass is 16.6. The van der Waals surface area contributed by atoms with Crippen LogP contribution in [0.3, 0.4) is 0 Å². The highest BCUT2D eigenvalue weighted by molar-refractivity contribution is 5.70. The Balaban J connectivity index is 1.12. The van der Waals surface area contributed by atoms with E-state index in [0.29, 0.717) is 24.3 Å². The summed E-state index contributed by atoms with van der Waals surface area (Å²) in [5, 5.41) is 0. The lowest BCUT2D eigenvalue weighted by Gasteiger charge is -2.42. The van der Waals surface area contributed by atoms with Gasteiger partial charge in [-0.05, 0) is 87.8 Å². The van der Waals surface area contributed by atoms with Crippen molar-refractivity contribution in [3.8, 4) is 5.75 Å². The van der Waals surface area contributed by atoms with Gasteiger partial charge < -0.3 is 28.8 Å². The third-order valence-corrected chi connectivity index (χ3v) is 9.72. The summed E-state index contributed by atoms with van der Waals surface area (Å²) in [5.74, 6) is 2.24. The SMILES string of the molecule is CCC(CC)N1CCC2(CCN(CCCn3ccnc3CN(Cc3ccc(OCC(=O)OC)cc3)Cc3ncc[nH]3)C2)CC1. The van der Waals surface area contributed by atoms with Crippen LogP contribution in [0.25, 0.3) is 0 Å². The first-order valence-electron chi connectivity index (χ1n) is 16.4. The van der Waals surface area contributed by atoms with Crippen molar-refractivity contribution in [2.75, 3.05) is 46.4 Å². The topological polar surface area (TPSA) is 91.8 Å². The molecule has 2 aliphatic rings. The van der Waals surface area contributed by atoms with Gasteiger partial charge in [-0.1, -0.05) is 26.0 Å². The molecule has 0 bridgehead atoms. The molecule has 2 aromatic heterocycles. The van der Waals surface area contributed by atoms with Crippen LogP contribution in [0.15, 0.2) is 49.1 Å². The molecular formula is C34H51N7O3. The molecule has 2 saturated heterocycles. The molecule has 1 N–H and O–H groups in total. The normalized spacial score (nSPS) is 17.2. The lowest BCUT2D eigenvalue weighted by atomic mass is 9.77. The van der Waals surface area contributed by atoms with E-state index in [1.165, 1.54) is 65.4 Å². The number of benzene rings is 1. The number of aromatic amines is 1. The minimum absolute atomic E-state index is 0.0982. The fourth-order valence-electron chi connectivity index (χ4n) is 7.07. The summed E-state index contributed by atoms with van der Waals surface area (Å²) in [4.78, 5) is 31.7. The van der Waals surface area contributed by atoms with Crippen molar-refractivity contribution in [1.29, 1.82) is 0 Å². The van der Waals surface area contributed by atoms with Gasteiger partial charge in [0.25, 0.3) is 0 Å². The van der Waals surface area contributed by atoms with Gasteiger partial charge in [-0.2, -0.15) is 0 Å². The molecule has 2 fully saturated rings. The third-order valence-electron chi connectivity index (χ3n) is 9.72. The summed E-state index contributed by atoms with van der Waals surface area (Å²) < 4.78 is 12.5. The molecule has 0 aliphatic carbocycles. The highest BCUT2D eigenvalue weighted by Crippen LogP contribution is 2.41. The van der Waals surface area contributed by atoms with Crippen molar-refractivity contribution in [3.63, 3.8) is 0 Å². The first-order chi connectivity index (χ1) is 21.5. The second-order valence-corrected chi connectivity index (χ2v) is 12.6. The number of hydrogen-bond acceptors (Lipinski definition) is 8. The number of carbonyl (C=O) groups excluding carboxylic acids is 1. The molecule has 240 valence electrons. The fraction of sp³-hybridized carbons (Fsp3) is 0.618. The molecule has 10 nitrogen and oxygen atoms in total. The van der Waals surface area contributed by atoms with Crippen molar-refractivity contribution in [2.45, 2.75) is 84.6 Å². The van der Waals surface area contributed by atoms with Crippen LogP contribution in [0.5, 0.6) is 5.75 Å². The maximum absolute atomic E-state index is 11.4. The largest absolute Gasteiger partial charge is 0.482 e. The molecule has 1 aromatic carbocycles. The number of esters is 1. The Bertz CT molecular complexity index is 1260. The lowest BCUT2D eigenvalue weighted by Crippen LogP contribution is -2.45. The Kier molecular flexibility index (Phi) is 11.5. The number of H-pyrrole nitrogens is 1. The molecule has 5 rings (SSSR count). The first-order valence-corrected chi connectivity index (χ1v) is 16.4. The predicted octanol–water partition coefficient (Wildman–Crippen LogP) is 4.73. The molecule has 0 atom stereocenters. The third kappa shape index (κ3) is 8.70. The zero-order valence-corrected chi connectivity index (χ0v) is 26.9. The maximum atomic E-state index is 11.4. The van der Waals surface area contributed by atoms with Crippen molar-refractivity contribution in [3.05, 3.63) is 66.3 Å². The molecule has 10 heteroatoms. The van der Waals surface area contributed by atoms with E-state index in [4.69, 9.17) is 9.72 Å². The molecular weight excluding hydrogens is 554 g/mol. The molecule has 1 spiro atoms. The van der Waals surface area contributed by atoms with E-state index in [1.807, 2.05) is 36.7 Å². The Hall–Kier alpha value is -3.21. The van der Waals surface area contributed by atoms with Crippen LogP contribution in [-0.2, 0) is 35.7 Å². The number of piperidine rings is 1. The molecule has 0 radical (unpaired) electrons. The van der Waals surface area contributed by atoms with E-state index in [0.717, 1.165) is 49.3 Å². The number of likely N-dealkylation sites (tertiary alicyclic amines) is 2. The molecule has 0 unspecified atom stereocenters. The summed E-state index contributed by atoms with van der Waals surface area (Å²) in [6.45, 7) is 13.9. The Labute approximate surface area is 262 Å². The van der Waals surface area contributed by atoms with Crippen molar-refractivity contribution >= 4 is 5.97 Å². The number of nitrogens with one attached hydrogen (secondary N) is 1. The average Bonchev–Trinajstić information content (AvgIpc) is 3.81. The summed E-state index contributed by atoms with van der Waals surface area (Å²) in [5.41, 5.74) is 1.69. The van der Waals surface area contributed by atoms with Crippen LogP contribution >= 0.6 is 0 Å². The van der Waals surface area contributed by atoms with E-state index in [9.17, 15) is 4.79 Å². The summed E-state index contributed by atoms with van der Waals surface area (Å²) in [7, 11) is 1.36. The number of carbonyl (C=O) groups is 1. The first kappa shape index (κ1) is 32.2.